The Balaban J connectivity index is 1.98. The summed E-state index contributed by atoms with van der Waals surface area (Å²) in [5.41, 5.74) is 17.7. The van der Waals surface area contributed by atoms with E-state index in [-0.39, 0.29) is 11.9 Å². The maximum absolute atomic E-state index is 5.63. The van der Waals surface area contributed by atoms with Gasteiger partial charge in [-0.05, 0) is 19.1 Å². The first-order chi connectivity index (χ1) is 10.5. The summed E-state index contributed by atoms with van der Waals surface area (Å²) in [6, 6.07) is 7.42. The Bertz CT molecular complexity index is 885. The van der Waals surface area contributed by atoms with Gasteiger partial charge in [0.25, 0.3) is 0 Å². The molecule has 0 radical (unpaired) electrons. The van der Waals surface area contributed by atoms with E-state index in [0.29, 0.717) is 5.69 Å². The molecule has 0 aliphatic heterocycles. The van der Waals surface area contributed by atoms with Gasteiger partial charge in [0.1, 0.15) is 5.01 Å². The van der Waals surface area contributed by atoms with Crippen LogP contribution in [0.2, 0.25) is 0 Å². The number of rotatable bonds is 2. The van der Waals surface area contributed by atoms with E-state index in [1.165, 1.54) is 11.3 Å². The zero-order chi connectivity index (χ0) is 15.7. The van der Waals surface area contributed by atoms with Crippen LogP contribution < -0.4 is 17.2 Å². The van der Waals surface area contributed by atoms with Crippen LogP contribution in [0.15, 0.2) is 34.3 Å². The number of nitrogens with two attached hydrogens (primary N) is 3. The van der Waals surface area contributed by atoms with Gasteiger partial charge in [0.2, 0.25) is 10.9 Å². The highest BCUT2D eigenvalue weighted by Gasteiger charge is 2.10. The van der Waals surface area contributed by atoms with Crippen LogP contribution in [0, 0.1) is 6.92 Å². The first-order valence-electron chi connectivity index (χ1n) is 6.26. The Morgan fingerprint density at radius 1 is 1.23 bits per heavy atom. The summed E-state index contributed by atoms with van der Waals surface area (Å²) in [5.74, 6) is 0.594. The molecule has 0 bridgehead atoms. The van der Waals surface area contributed by atoms with Crippen LogP contribution in [-0.2, 0) is 0 Å². The lowest BCUT2D eigenvalue weighted by molar-refractivity contribution is 0.898. The number of aliphatic imine (C=N–C) groups is 2. The topological polar surface area (TPSA) is 146 Å². The summed E-state index contributed by atoms with van der Waals surface area (Å²) < 4.78 is 1.70. The fourth-order valence-corrected chi connectivity index (χ4v) is 2.71. The predicted octanol–water partition coefficient (Wildman–Crippen LogP) is 0.381. The molecular weight excluding hydrogens is 302 g/mol. The molecule has 6 N–H and O–H groups in total. The van der Waals surface area contributed by atoms with Crippen LogP contribution >= 0.6 is 11.3 Å². The summed E-state index contributed by atoms with van der Waals surface area (Å²) in [6.07, 6.45) is 0. The maximum atomic E-state index is 5.63. The third kappa shape index (κ3) is 2.72. The Kier molecular flexibility index (Phi) is 3.43. The normalized spacial score (nSPS) is 11.8. The molecule has 10 heteroatoms. The maximum Gasteiger partial charge on any atom is 0.234 e. The number of hydrogen-bond acceptors (Lipinski definition) is 5. The molecule has 9 nitrogen and oxygen atoms in total. The van der Waals surface area contributed by atoms with Crippen molar-refractivity contribution in [2.45, 2.75) is 6.92 Å². The molecule has 0 saturated heterocycles. The van der Waals surface area contributed by atoms with Gasteiger partial charge in [-0.15, -0.1) is 10.2 Å². The van der Waals surface area contributed by atoms with Crippen molar-refractivity contribution >= 4 is 33.9 Å². The monoisotopic (exact) mass is 315 g/mol. The Morgan fingerprint density at radius 3 is 2.77 bits per heavy atom. The van der Waals surface area contributed by atoms with Gasteiger partial charge >= 0.3 is 0 Å². The molecule has 2 heterocycles. The van der Waals surface area contributed by atoms with Gasteiger partial charge in [-0.2, -0.15) is 14.6 Å². The molecule has 0 spiro atoms. The highest BCUT2D eigenvalue weighted by Crippen LogP contribution is 2.28. The molecular formula is C12H13N9S. The van der Waals surface area contributed by atoms with Crippen molar-refractivity contribution < 1.29 is 0 Å². The van der Waals surface area contributed by atoms with Crippen molar-refractivity contribution in [3.8, 4) is 10.6 Å². The van der Waals surface area contributed by atoms with Crippen LogP contribution in [0.25, 0.3) is 15.5 Å². The molecule has 0 unspecified atom stereocenters. The van der Waals surface area contributed by atoms with Crippen molar-refractivity contribution in [2.75, 3.05) is 0 Å². The van der Waals surface area contributed by atoms with Crippen LogP contribution in [0.1, 0.15) is 5.82 Å². The molecule has 0 amide bonds. The molecule has 0 saturated carbocycles. The van der Waals surface area contributed by atoms with Gasteiger partial charge in [0.05, 0.1) is 5.69 Å². The second kappa shape index (κ2) is 5.41. The largest absolute Gasteiger partial charge is 0.370 e. The first kappa shape index (κ1) is 13.9. The molecule has 0 fully saturated rings. The average molecular weight is 315 g/mol. The lowest BCUT2D eigenvalue weighted by atomic mass is 10.2. The van der Waals surface area contributed by atoms with Gasteiger partial charge in [0.15, 0.2) is 11.8 Å². The third-order valence-corrected chi connectivity index (χ3v) is 3.68. The SMILES string of the molecule is Cc1nnc2sc(-c3cccc(N=C(N)N=C(N)N)c3)nn12. The van der Waals surface area contributed by atoms with E-state index in [1.54, 1.807) is 10.6 Å². The van der Waals surface area contributed by atoms with Gasteiger partial charge < -0.3 is 17.2 Å². The van der Waals surface area contributed by atoms with E-state index in [1.807, 2.05) is 25.1 Å². The molecule has 0 aliphatic rings. The second-order valence-electron chi connectivity index (χ2n) is 4.41. The number of aryl methyl sites for hydroxylation is 1. The molecule has 3 rings (SSSR count). The number of hydrogen-bond donors (Lipinski definition) is 3. The Hall–Kier alpha value is -3.01. The van der Waals surface area contributed by atoms with Gasteiger partial charge in [0, 0.05) is 5.56 Å². The van der Waals surface area contributed by atoms with Crippen LogP contribution in [0.5, 0.6) is 0 Å². The molecule has 3 aromatic rings. The molecule has 2 aromatic heterocycles. The fraction of sp³-hybridized carbons (Fsp3) is 0.0833. The molecule has 22 heavy (non-hydrogen) atoms. The summed E-state index contributed by atoms with van der Waals surface area (Å²) in [5, 5.41) is 13.3. The first-order valence-corrected chi connectivity index (χ1v) is 7.07. The van der Waals surface area contributed by atoms with Gasteiger partial charge in [-0.3, -0.25) is 0 Å². The highest BCUT2D eigenvalue weighted by atomic mass is 32.1. The lowest BCUT2D eigenvalue weighted by Gasteiger charge is -1.99. The van der Waals surface area contributed by atoms with Gasteiger partial charge in [-0.1, -0.05) is 23.5 Å². The predicted molar refractivity (Wildman–Crippen MR) is 85.9 cm³/mol. The Labute approximate surface area is 129 Å². The van der Waals surface area contributed by atoms with Gasteiger partial charge in [-0.25, -0.2) is 4.99 Å². The van der Waals surface area contributed by atoms with Crippen molar-refractivity contribution in [3.05, 3.63) is 30.1 Å². The Morgan fingerprint density at radius 2 is 2.05 bits per heavy atom. The summed E-state index contributed by atoms with van der Waals surface area (Å²) in [4.78, 5) is 8.55. The molecule has 0 atom stereocenters. The standard InChI is InChI=1S/C12H13N9S/c1-6-18-19-12-21(6)20-9(22-12)7-3-2-4-8(5-7)16-11(15)17-10(13)14/h2-5H,1H3,(H6,13,14,15,16,17). The summed E-state index contributed by atoms with van der Waals surface area (Å²) in [6.45, 7) is 1.85. The third-order valence-electron chi connectivity index (χ3n) is 2.73. The minimum absolute atomic E-state index is 0.00821. The molecule has 112 valence electrons. The molecule has 1 aromatic carbocycles. The van der Waals surface area contributed by atoms with Crippen molar-refractivity contribution in [1.29, 1.82) is 0 Å². The average Bonchev–Trinajstić information content (AvgIpc) is 3.01. The van der Waals surface area contributed by atoms with E-state index >= 15 is 0 Å². The highest BCUT2D eigenvalue weighted by molar-refractivity contribution is 7.19. The van der Waals surface area contributed by atoms with E-state index in [9.17, 15) is 0 Å². The zero-order valence-corrected chi connectivity index (χ0v) is 12.4. The van der Waals surface area contributed by atoms with E-state index in [0.717, 1.165) is 21.4 Å². The van der Waals surface area contributed by atoms with Crippen LogP contribution in [-0.4, -0.2) is 31.7 Å². The van der Waals surface area contributed by atoms with Crippen LogP contribution in [0.4, 0.5) is 5.69 Å². The van der Waals surface area contributed by atoms with E-state index in [2.05, 4.69) is 25.3 Å². The summed E-state index contributed by atoms with van der Waals surface area (Å²) in [7, 11) is 0. The minimum Gasteiger partial charge on any atom is -0.370 e. The van der Waals surface area contributed by atoms with Crippen molar-refractivity contribution in [1.82, 2.24) is 19.8 Å². The number of guanidine groups is 2. The smallest absolute Gasteiger partial charge is 0.234 e. The quantitative estimate of drug-likeness (QED) is 0.460. The number of aromatic nitrogens is 4. The number of nitrogens with zero attached hydrogens (tertiary/aromatic N) is 6. The lowest BCUT2D eigenvalue weighted by Crippen LogP contribution is -2.26. The van der Waals surface area contributed by atoms with E-state index < -0.39 is 0 Å². The number of benzene rings is 1. The van der Waals surface area contributed by atoms with Crippen molar-refractivity contribution in [3.63, 3.8) is 0 Å². The number of fused-ring (bicyclic) bond motifs is 1. The zero-order valence-electron chi connectivity index (χ0n) is 11.6. The molecule has 0 aliphatic carbocycles. The van der Waals surface area contributed by atoms with E-state index in [4.69, 9.17) is 17.2 Å². The summed E-state index contributed by atoms with van der Waals surface area (Å²) >= 11 is 1.44. The van der Waals surface area contributed by atoms with Crippen molar-refractivity contribution in [2.24, 2.45) is 27.2 Å². The minimum atomic E-state index is -0.137. The second-order valence-corrected chi connectivity index (χ2v) is 5.36. The fourth-order valence-electron chi connectivity index (χ4n) is 1.83. The van der Waals surface area contributed by atoms with Crippen LogP contribution in [0.3, 0.4) is 0 Å².